The van der Waals surface area contributed by atoms with Gasteiger partial charge in [-0.15, -0.1) is 22.7 Å². The van der Waals surface area contributed by atoms with E-state index >= 15 is 0 Å². The van der Waals surface area contributed by atoms with Crippen LogP contribution in [0.3, 0.4) is 0 Å². The van der Waals surface area contributed by atoms with Crippen LogP contribution in [-0.2, 0) is 0 Å². The highest BCUT2D eigenvalue weighted by Crippen LogP contribution is 2.44. The maximum atomic E-state index is 6.28. The third kappa shape index (κ3) is 2.41. The van der Waals surface area contributed by atoms with Crippen LogP contribution >= 0.6 is 66.1 Å². The lowest BCUT2D eigenvalue weighted by Gasteiger charge is -2.08. The first-order chi connectivity index (χ1) is 7.50. The van der Waals surface area contributed by atoms with Gasteiger partial charge in [0.2, 0.25) is 0 Å². The highest BCUT2D eigenvalue weighted by Gasteiger charge is 2.20. The number of halogens is 3. The van der Waals surface area contributed by atoms with Crippen molar-refractivity contribution in [3.63, 3.8) is 0 Å². The van der Waals surface area contributed by atoms with Gasteiger partial charge >= 0.3 is 0 Å². The standard InChI is InChI=1S/C11H9Br2ClS2/c1-5-4-15-11(10(5)14)9(13)7-3-8(12)16-6(7)2/h3-4,9H,1-2H3. The van der Waals surface area contributed by atoms with Crippen LogP contribution in [0.4, 0.5) is 0 Å². The van der Waals surface area contributed by atoms with Crippen LogP contribution in [0.2, 0.25) is 5.02 Å². The Hall–Kier alpha value is 0.650. The zero-order valence-electron chi connectivity index (χ0n) is 8.68. The van der Waals surface area contributed by atoms with Crippen LogP contribution in [-0.4, -0.2) is 0 Å². The molecule has 0 nitrogen and oxygen atoms in total. The number of alkyl halides is 1. The largest absolute Gasteiger partial charge is 0.145 e. The van der Waals surface area contributed by atoms with Crippen molar-refractivity contribution in [3.05, 3.63) is 41.1 Å². The van der Waals surface area contributed by atoms with E-state index in [1.807, 2.05) is 6.92 Å². The molecule has 0 radical (unpaired) electrons. The van der Waals surface area contributed by atoms with E-state index in [0.717, 1.165) is 14.4 Å². The minimum Gasteiger partial charge on any atom is -0.145 e. The molecule has 2 aromatic heterocycles. The molecule has 2 heterocycles. The van der Waals surface area contributed by atoms with E-state index in [1.165, 1.54) is 15.3 Å². The van der Waals surface area contributed by atoms with E-state index in [4.69, 9.17) is 11.6 Å². The Bertz CT molecular complexity index is 514. The van der Waals surface area contributed by atoms with E-state index in [-0.39, 0.29) is 4.83 Å². The molecule has 1 unspecified atom stereocenters. The molecule has 0 aliphatic carbocycles. The van der Waals surface area contributed by atoms with Crippen LogP contribution in [0.25, 0.3) is 0 Å². The van der Waals surface area contributed by atoms with Gasteiger partial charge in [-0.25, -0.2) is 0 Å². The lowest BCUT2D eigenvalue weighted by molar-refractivity contribution is 1.21. The van der Waals surface area contributed by atoms with Gasteiger partial charge in [-0.1, -0.05) is 27.5 Å². The van der Waals surface area contributed by atoms with Crippen molar-refractivity contribution < 1.29 is 0 Å². The van der Waals surface area contributed by atoms with E-state index in [2.05, 4.69) is 50.2 Å². The maximum Gasteiger partial charge on any atom is 0.0764 e. The molecule has 0 aliphatic heterocycles. The minimum atomic E-state index is 0.196. The Morgan fingerprint density at radius 2 is 2.06 bits per heavy atom. The molecular formula is C11H9Br2ClS2. The number of rotatable bonds is 2. The molecule has 0 saturated carbocycles. The van der Waals surface area contributed by atoms with Crippen LogP contribution in [0, 0.1) is 13.8 Å². The molecule has 0 amide bonds. The van der Waals surface area contributed by atoms with Gasteiger partial charge in [-0.3, -0.25) is 0 Å². The molecule has 86 valence electrons. The van der Waals surface area contributed by atoms with Crippen LogP contribution in [0.5, 0.6) is 0 Å². The van der Waals surface area contributed by atoms with Crippen molar-refractivity contribution >= 4 is 66.1 Å². The summed E-state index contributed by atoms with van der Waals surface area (Å²) in [5.74, 6) is 0. The van der Waals surface area contributed by atoms with Crippen molar-refractivity contribution in [2.75, 3.05) is 0 Å². The zero-order valence-corrected chi connectivity index (χ0v) is 14.2. The summed E-state index contributed by atoms with van der Waals surface area (Å²) in [5, 5.41) is 2.98. The van der Waals surface area contributed by atoms with Gasteiger partial charge < -0.3 is 0 Å². The van der Waals surface area contributed by atoms with Gasteiger partial charge in [-0.05, 0) is 52.4 Å². The predicted molar refractivity (Wildman–Crippen MR) is 81.6 cm³/mol. The summed E-state index contributed by atoms with van der Waals surface area (Å²) >= 11 is 17.0. The van der Waals surface area contributed by atoms with Gasteiger partial charge in [0.05, 0.1) is 13.6 Å². The first kappa shape index (κ1) is 13.1. The third-order valence-electron chi connectivity index (χ3n) is 2.35. The number of aryl methyl sites for hydroxylation is 2. The molecule has 0 aliphatic rings. The summed E-state index contributed by atoms with van der Waals surface area (Å²) in [6, 6.07) is 2.16. The molecule has 0 bridgehead atoms. The molecule has 0 aromatic carbocycles. The van der Waals surface area contributed by atoms with Crippen molar-refractivity contribution in [3.8, 4) is 0 Å². The summed E-state index contributed by atoms with van der Waals surface area (Å²) in [6.07, 6.45) is 0. The van der Waals surface area contributed by atoms with Crippen LogP contribution in [0.1, 0.15) is 25.7 Å². The summed E-state index contributed by atoms with van der Waals surface area (Å²) in [5.41, 5.74) is 2.44. The second-order valence-corrected chi connectivity index (χ2v) is 8.36. The first-order valence-corrected chi connectivity index (χ1v) is 8.42. The average molecular weight is 401 g/mol. The molecule has 0 N–H and O–H groups in total. The van der Waals surface area contributed by atoms with E-state index in [9.17, 15) is 0 Å². The van der Waals surface area contributed by atoms with Crippen molar-refractivity contribution in [2.45, 2.75) is 18.7 Å². The molecular weight excluding hydrogens is 392 g/mol. The van der Waals surface area contributed by atoms with Crippen LogP contribution < -0.4 is 0 Å². The van der Waals surface area contributed by atoms with Crippen LogP contribution in [0.15, 0.2) is 15.2 Å². The Morgan fingerprint density at radius 1 is 1.38 bits per heavy atom. The van der Waals surface area contributed by atoms with E-state index in [0.29, 0.717) is 0 Å². The summed E-state index contributed by atoms with van der Waals surface area (Å²) < 4.78 is 1.16. The summed E-state index contributed by atoms with van der Waals surface area (Å²) in [4.78, 5) is 2.70. The molecule has 0 fully saturated rings. The Morgan fingerprint density at radius 3 is 2.50 bits per heavy atom. The highest BCUT2D eigenvalue weighted by atomic mass is 79.9. The second kappa shape index (κ2) is 5.11. The Balaban J connectivity index is 2.42. The normalized spacial score (nSPS) is 13.1. The lowest BCUT2D eigenvalue weighted by atomic mass is 10.1. The van der Waals surface area contributed by atoms with Gasteiger partial charge in [0.1, 0.15) is 0 Å². The zero-order chi connectivity index (χ0) is 11.9. The lowest BCUT2D eigenvalue weighted by Crippen LogP contribution is -1.90. The van der Waals surface area contributed by atoms with Crippen molar-refractivity contribution in [1.29, 1.82) is 0 Å². The Kier molecular flexibility index (Phi) is 4.18. The molecule has 0 spiro atoms. The molecule has 1 atom stereocenters. The monoisotopic (exact) mass is 398 g/mol. The highest BCUT2D eigenvalue weighted by molar-refractivity contribution is 9.11. The SMILES string of the molecule is Cc1csc(C(Br)c2cc(Br)sc2C)c1Cl. The van der Waals surface area contributed by atoms with Gasteiger partial charge in [0.15, 0.2) is 0 Å². The minimum absolute atomic E-state index is 0.196. The maximum absolute atomic E-state index is 6.28. The van der Waals surface area contributed by atoms with Crippen molar-refractivity contribution in [1.82, 2.24) is 0 Å². The smallest absolute Gasteiger partial charge is 0.0764 e. The number of hydrogen-bond acceptors (Lipinski definition) is 2. The fourth-order valence-corrected chi connectivity index (χ4v) is 5.83. The predicted octanol–water partition coefficient (Wildman–Crippen LogP) is 6.33. The third-order valence-corrected chi connectivity index (χ3v) is 6.96. The van der Waals surface area contributed by atoms with E-state index in [1.54, 1.807) is 22.7 Å². The molecule has 16 heavy (non-hydrogen) atoms. The molecule has 5 heteroatoms. The van der Waals surface area contributed by atoms with Gasteiger partial charge in [0.25, 0.3) is 0 Å². The fraction of sp³-hybridized carbons (Fsp3) is 0.273. The second-order valence-electron chi connectivity index (χ2n) is 3.52. The molecule has 2 rings (SSSR count). The average Bonchev–Trinajstić information content (AvgIpc) is 2.71. The quantitative estimate of drug-likeness (QED) is 0.517. The van der Waals surface area contributed by atoms with Crippen molar-refractivity contribution in [2.24, 2.45) is 0 Å². The molecule has 2 aromatic rings. The Labute approximate surface area is 125 Å². The van der Waals surface area contributed by atoms with Gasteiger partial charge in [0, 0.05) is 9.75 Å². The number of hydrogen-bond donors (Lipinski definition) is 0. The summed E-state index contributed by atoms with van der Waals surface area (Å²) in [7, 11) is 0. The summed E-state index contributed by atoms with van der Waals surface area (Å²) in [6.45, 7) is 4.17. The fourth-order valence-electron chi connectivity index (χ4n) is 1.47. The topological polar surface area (TPSA) is 0 Å². The first-order valence-electron chi connectivity index (χ1n) is 4.64. The van der Waals surface area contributed by atoms with Gasteiger partial charge in [-0.2, -0.15) is 0 Å². The molecule has 0 saturated heterocycles. The number of thiophene rings is 2. The van der Waals surface area contributed by atoms with E-state index < -0.39 is 0 Å².